The molecular formula is C21H18FN3O4. The van der Waals surface area contributed by atoms with Gasteiger partial charge in [-0.3, -0.25) is 9.59 Å². The largest absolute Gasteiger partial charge is 0.448 e. The average molecular weight is 395 g/mol. The third-order valence-corrected chi connectivity index (χ3v) is 4.00. The number of hydrogen-bond acceptors (Lipinski definition) is 5. The van der Waals surface area contributed by atoms with E-state index >= 15 is 0 Å². The molecule has 0 bridgehead atoms. The van der Waals surface area contributed by atoms with Crippen molar-refractivity contribution in [1.82, 2.24) is 9.78 Å². The number of rotatable bonds is 6. The molecule has 7 nitrogen and oxygen atoms in total. The molecule has 2 aromatic carbocycles. The highest BCUT2D eigenvalue weighted by Crippen LogP contribution is 2.10. The van der Waals surface area contributed by atoms with Crippen molar-refractivity contribution in [1.29, 1.82) is 0 Å². The van der Waals surface area contributed by atoms with Gasteiger partial charge < -0.3 is 10.1 Å². The van der Waals surface area contributed by atoms with Crippen molar-refractivity contribution < 1.29 is 18.7 Å². The number of anilines is 1. The van der Waals surface area contributed by atoms with Gasteiger partial charge in [-0.25, -0.2) is 13.9 Å². The first kappa shape index (κ1) is 19.9. The van der Waals surface area contributed by atoms with Crippen LogP contribution in [0.1, 0.15) is 23.0 Å². The first-order valence-electron chi connectivity index (χ1n) is 8.82. The van der Waals surface area contributed by atoms with Crippen LogP contribution in [0.4, 0.5) is 10.1 Å². The molecule has 0 aliphatic carbocycles. The number of nitrogens with zero attached hydrogens (tertiary/aromatic N) is 2. The molecule has 3 aromatic rings. The zero-order valence-electron chi connectivity index (χ0n) is 15.5. The Labute approximate surface area is 165 Å². The standard InChI is InChI=1S/C21H18FN3O4/c1-14(20(27)23-17-9-5-8-16(22)12-17)29-21(28)18-10-11-19(26)25(24-18)13-15-6-3-2-4-7-15/h2-12,14H,13H2,1H3,(H,23,27)/t14-/m0/s1. The Balaban J connectivity index is 1.67. The molecule has 0 spiro atoms. The number of carbonyl (C=O) groups is 2. The second-order valence-electron chi connectivity index (χ2n) is 6.25. The highest BCUT2D eigenvalue weighted by molar-refractivity contribution is 5.96. The summed E-state index contributed by atoms with van der Waals surface area (Å²) in [5.74, 6) is -1.98. The molecule has 1 aromatic heterocycles. The van der Waals surface area contributed by atoms with E-state index in [-0.39, 0.29) is 23.5 Å². The Kier molecular flexibility index (Phi) is 6.13. The van der Waals surface area contributed by atoms with Gasteiger partial charge in [-0.05, 0) is 36.8 Å². The van der Waals surface area contributed by atoms with E-state index < -0.39 is 23.8 Å². The van der Waals surface area contributed by atoms with Crippen molar-refractivity contribution in [2.75, 3.05) is 5.32 Å². The summed E-state index contributed by atoms with van der Waals surface area (Å²) in [7, 11) is 0. The monoisotopic (exact) mass is 395 g/mol. The molecule has 0 aliphatic rings. The highest BCUT2D eigenvalue weighted by atomic mass is 19.1. The summed E-state index contributed by atoms with van der Waals surface area (Å²) >= 11 is 0. The minimum absolute atomic E-state index is 0.106. The molecule has 1 heterocycles. The molecular weight excluding hydrogens is 377 g/mol. The second-order valence-corrected chi connectivity index (χ2v) is 6.25. The van der Waals surface area contributed by atoms with Crippen molar-refractivity contribution >= 4 is 17.6 Å². The molecule has 0 unspecified atom stereocenters. The van der Waals surface area contributed by atoms with E-state index in [0.29, 0.717) is 0 Å². The molecule has 1 amide bonds. The van der Waals surface area contributed by atoms with Crippen LogP contribution in [-0.2, 0) is 16.1 Å². The van der Waals surface area contributed by atoms with E-state index in [9.17, 15) is 18.8 Å². The number of benzene rings is 2. The zero-order valence-corrected chi connectivity index (χ0v) is 15.5. The van der Waals surface area contributed by atoms with Gasteiger partial charge in [-0.15, -0.1) is 0 Å². The SMILES string of the molecule is C[C@H](OC(=O)c1ccc(=O)n(Cc2ccccc2)n1)C(=O)Nc1cccc(F)c1. The molecule has 0 saturated heterocycles. The van der Waals surface area contributed by atoms with E-state index in [1.165, 1.54) is 37.3 Å². The fourth-order valence-corrected chi connectivity index (χ4v) is 2.51. The maximum atomic E-state index is 13.2. The summed E-state index contributed by atoms with van der Waals surface area (Å²) in [6.07, 6.45) is -1.15. The number of esters is 1. The maximum absolute atomic E-state index is 13.2. The highest BCUT2D eigenvalue weighted by Gasteiger charge is 2.20. The molecule has 148 valence electrons. The molecule has 1 N–H and O–H groups in total. The number of halogens is 1. The molecule has 3 rings (SSSR count). The second kappa shape index (κ2) is 8.92. The van der Waals surface area contributed by atoms with Gasteiger partial charge in [0, 0.05) is 11.8 Å². The lowest BCUT2D eigenvalue weighted by Crippen LogP contribution is -2.31. The maximum Gasteiger partial charge on any atom is 0.359 e. The van der Waals surface area contributed by atoms with Gasteiger partial charge in [0.2, 0.25) is 0 Å². The van der Waals surface area contributed by atoms with Crippen LogP contribution in [0.25, 0.3) is 0 Å². The van der Waals surface area contributed by atoms with Crippen molar-refractivity contribution in [2.45, 2.75) is 19.6 Å². The Morgan fingerprint density at radius 1 is 1.10 bits per heavy atom. The number of hydrogen-bond donors (Lipinski definition) is 1. The number of aromatic nitrogens is 2. The van der Waals surface area contributed by atoms with E-state index in [2.05, 4.69) is 10.4 Å². The predicted octanol–water partition coefficient (Wildman–Crippen LogP) is 2.61. The van der Waals surface area contributed by atoms with Gasteiger partial charge in [-0.1, -0.05) is 36.4 Å². The first-order chi connectivity index (χ1) is 13.9. The van der Waals surface area contributed by atoms with Gasteiger partial charge in [0.15, 0.2) is 11.8 Å². The fraction of sp³-hybridized carbons (Fsp3) is 0.143. The minimum Gasteiger partial charge on any atom is -0.448 e. The zero-order chi connectivity index (χ0) is 20.8. The lowest BCUT2D eigenvalue weighted by molar-refractivity contribution is -0.123. The van der Waals surface area contributed by atoms with Crippen LogP contribution in [0.2, 0.25) is 0 Å². The van der Waals surface area contributed by atoms with E-state index in [1.807, 2.05) is 30.3 Å². The van der Waals surface area contributed by atoms with E-state index in [0.717, 1.165) is 16.3 Å². The Bertz CT molecular complexity index is 1080. The van der Waals surface area contributed by atoms with Crippen LogP contribution in [-0.4, -0.2) is 27.8 Å². The summed E-state index contributed by atoms with van der Waals surface area (Å²) < 4.78 is 19.5. The fourth-order valence-electron chi connectivity index (χ4n) is 2.51. The number of amides is 1. The van der Waals surface area contributed by atoms with Crippen molar-refractivity contribution in [3.63, 3.8) is 0 Å². The topological polar surface area (TPSA) is 90.3 Å². The molecule has 0 aliphatic heterocycles. The van der Waals surface area contributed by atoms with E-state index in [4.69, 9.17) is 4.74 Å². The number of carbonyl (C=O) groups excluding carboxylic acids is 2. The molecule has 0 fully saturated rings. The van der Waals surface area contributed by atoms with Crippen LogP contribution < -0.4 is 10.9 Å². The Morgan fingerprint density at radius 3 is 2.59 bits per heavy atom. The lowest BCUT2D eigenvalue weighted by Gasteiger charge is -2.14. The molecule has 0 radical (unpaired) electrons. The summed E-state index contributed by atoms with van der Waals surface area (Å²) in [6.45, 7) is 1.57. The quantitative estimate of drug-likeness (QED) is 0.648. The van der Waals surface area contributed by atoms with Crippen LogP contribution >= 0.6 is 0 Å². The van der Waals surface area contributed by atoms with Crippen molar-refractivity contribution in [3.05, 3.63) is 94.2 Å². The summed E-state index contributed by atoms with van der Waals surface area (Å²) in [6, 6.07) is 17.0. The van der Waals surface area contributed by atoms with Crippen LogP contribution in [0.15, 0.2) is 71.5 Å². The Hall–Kier alpha value is -3.81. The third kappa shape index (κ3) is 5.35. The van der Waals surface area contributed by atoms with Crippen LogP contribution in [0, 0.1) is 5.82 Å². The number of ether oxygens (including phenoxy) is 1. The molecule has 1 atom stereocenters. The number of nitrogens with one attached hydrogen (secondary N) is 1. The third-order valence-electron chi connectivity index (χ3n) is 4.00. The van der Waals surface area contributed by atoms with Crippen molar-refractivity contribution in [2.24, 2.45) is 0 Å². The van der Waals surface area contributed by atoms with Crippen molar-refractivity contribution in [3.8, 4) is 0 Å². The normalized spacial score (nSPS) is 11.5. The smallest absolute Gasteiger partial charge is 0.359 e. The Morgan fingerprint density at radius 2 is 1.86 bits per heavy atom. The molecule has 29 heavy (non-hydrogen) atoms. The minimum atomic E-state index is -1.15. The van der Waals surface area contributed by atoms with Gasteiger partial charge in [0.1, 0.15) is 5.82 Å². The van der Waals surface area contributed by atoms with Gasteiger partial charge in [-0.2, -0.15) is 5.10 Å². The summed E-state index contributed by atoms with van der Waals surface area (Å²) in [5.41, 5.74) is 0.608. The van der Waals surface area contributed by atoms with Gasteiger partial charge >= 0.3 is 5.97 Å². The van der Waals surface area contributed by atoms with E-state index in [1.54, 1.807) is 0 Å². The lowest BCUT2D eigenvalue weighted by atomic mass is 10.2. The van der Waals surface area contributed by atoms with Crippen LogP contribution in [0.5, 0.6) is 0 Å². The first-order valence-corrected chi connectivity index (χ1v) is 8.82. The predicted molar refractivity (Wildman–Crippen MR) is 104 cm³/mol. The molecule has 8 heteroatoms. The van der Waals surface area contributed by atoms with Crippen LogP contribution in [0.3, 0.4) is 0 Å². The molecule has 0 saturated carbocycles. The summed E-state index contributed by atoms with van der Waals surface area (Å²) in [5, 5.41) is 6.48. The summed E-state index contributed by atoms with van der Waals surface area (Å²) in [4.78, 5) is 36.5. The van der Waals surface area contributed by atoms with Gasteiger partial charge in [0.05, 0.1) is 6.54 Å². The average Bonchev–Trinajstić information content (AvgIpc) is 2.70. The van der Waals surface area contributed by atoms with Gasteiger partial charge in [0.25, 0.3) is 11.5 Å².